The number of hydrogen-bond donors (Lipinski definition) is 0. The van der Waals surface area contributed by atoms with Gasteiger partial charge in [-0.25, -0.2) is 0 Å². The first-order valence-electron chi connectivity index (χ1n) is 10.6. The summed E-state index contributed by atoms with van der Waals surface area (Å²) in [4.78, 5) is 9.68. The summed E-state index contributed by atoms with van der Waals surface area (Å²) in [5.74, 6) is 0. The van der Waals surface area contributed by atoms with Crippen LogP contribution < -0.4 is 4.90 Å². The van der Waals surface area contributed by atoms with Gasteiger partial charge in [0.25, 0.3) is 0 Å². The fourth-order valence-electron chi connectivity index (χ4n) is 5.16. The summed E-state index contributed by atoms with van der Waals surface area (Å²) in [5, 5.41) is 0. The maximum absolute atomic E-state index is 4.48. The summed E-state index contributed by atoms with van der Waals surface area (Å²) in [7, 11) is 0. The molecular weight excluding hydrogens is 342 g/mol. The van der Waals surface area contributed by atoms with E-state index in [1.54, 1.807) is 0 Å². The first kappa shape index (κ1) is 19.0. The fourth-order valence-corrected chi connectivity index (χ4v) is 5.16. The van der Waals surface area contributed by atoms with Crippen LogP contribution in [0.25, 0.3) is 0 Å². The van der Waals surface area contributed by atoms with Crippen LogP contribution in [0.15, 0.2) is 48.8 Å². The van der Waals surface area contributed by atoms with E-state index >= 15 is 0 Å². The van der Waals surface area contributed by atoms with Crippen LogP contribution in [0.4, 0.5) is 5.69 Å². The number of nitrogens with zero attached hydrogens (tertiary/aromatic N) is 3. The van der Waals surface area contributed by atoms with E-state index in [2.05, 4.69) is 72.5 Å². The Labute approximate surface area is 170 Å². The van der Waals surface area contributed by atoms with Crippen molar-refractivity contribution in [2.45, 2.75) is 58.4 Å². The number of likely N-dealkylation sites (tertiary alicyclic amines) is 1. The molecule has 3 heteroatoms. The Bertz CT molecular complexity index is 870. The molecular formula is C25H33N3. The van der Waals surface area contributed by atoms with Crippen molar-refractivity contribution in [1.82, 2.24) is 9.88 Å². The molecule has 0 saturated carbocycles. The number of allylic oxidation sites excluding steroid dienone is 1. The molecule has 1 aromatic heterocycles. The molecule has 0 aliphatic carbocycles. The zero-order valence-corrected chi connectivity index (χ0v) is 17.8. The molecule has 1 aromatic carbocycles. The van der Waals surface area contributed by atoms with Gasteiger partial charge < -0.3 is 9.80 Å². The van der Waals surface area contributed by atoms with Gasteiger partial charge in [-0.15, -0.1) is 0 Å². The van der Waals surface area contributed by atoms with Crippen LogP contribution in [-0.2, 0) is 11.8 Å². The van der Waals surface area contributed by atoms with Crippen molar-refractivity contribution < 1.29 is 0 Å². The lowest BCUT2D eigenvalue weighted by atomic mass is 9.76. The van der Waals surface area contributed by atoms with Crippen molar-refractivity contribution in [3.8, 4) is 0 Å². The Morgan fingerprint density at radius 1 is 1.25 bits per heavy atom. The number of hydrogen-bond acceptors (Lipinski definition) is 3. The smallest absolute Gasteiger partial charge is 0.0408 e. The zero-order chi connectivity index (χ0) is 19.9. The predicted octanol–water partition coefficient (Wildman–Crippen LogP) is 5.02. The predicted molar refractivity (Wildman–Crippen MR) is 118 cm³/mol. The molecule has 2 atom stereocenters. The van der Waals surface area contributed by atoms with Gasteiger partial charge in [0, 0.05) is 54.4 Å². The number of anilines is 1. The van der Waals surface area contributed by atoms with Gasteiger partial charge in [-0.1, -0.05) is 37.3 Å². The zero-order valence-electron chi connectivity index (χ0n) is 17.8. The van der Waals surface area contributed by atoms with Crippen molar-refractivity contribution in [1.29, 1.82) is 0 Å². The molecule has 0 radical (unpaired) electrons. The molecule has 0 spiro atoms. The van der Waals surface area contributed by atoms with Gasteiger partial charge in [-0.2, -0.15) is 0 Å². The van der Waals surface area contributed by atoms with E-state index in [9.17, 15) is 0 Å². The minimum absolute atomic E-state index is 0.141. The van der Waals surface area contributed by atoms with Crippen LogP contribution in [0.1, 0.15) is 49.1 Å². The van der Waals surface area contributed by atoms with E-state index in [1.807, 2.05) is 13.1 Å². The maximum atomic E-state index is 4.48. The van der Waals surface area contributed by atoms with Gasteiger partial charge in [0.15, 0.2) is 0 Å². The van der Waals surface area contributed by atoms with Crippen LogP contribution in [0.3, 0.4) is 0 Å². The lowest BCUT2D eigenvalue weighted by Gasteiger charge is -2.38. The van der Waals surface area contributed by atoms with Gasteiger partial charge in [0.05, 0.1) is 0 Å². The van der Waals surface area contributed by atoms with Crippen molar-refractivity contribution in [2.75, 3.05) is 24.5 Å². The normalized spacial score (nSPS) is 23.9. The Morgan fingerprint density at radius 3 is 2.79 bits per heavy atom. The average molecular weight is 376 g/mol. The third-order valence-electron chi connectivity index (χ3n) is 6.77. The third-order valence-corrected chi connectivity index (χ3v) is 6.77. The number of rotatable bonds is 4. The number of fused-ring (bicyclic) bond motifs is 3. The SMILES string of the molecule is C=C(C)N1CCCC2N(CCc3ccc(C)nc3)c3ccc(C)cc3C2(C)C1. The van der Waals surface area contributed by atoms with Gasteiger partial charge in [-0.05, 0) is 63.3 Å². The standard InChI is InChI=1S/C25H33N3/c1-18(2)27-13-6-7-24-25(5,17-27)22-15-19(3)8-11-23(22)28(24)14-12-21-10-9-20(4)26-16-21/h8-11,15-16,24H,1,6-7,12-14,17H2,2-5H3. The Hall–Kier alpha value is -2.29. The topological polar surface area (TPSA) is 19.4 Å². The molecule has 2 aromatic rings. The summed E-state index contributed by atoms with van der Waals surface area (Å²) < 4.78 is 0. The van der Waals surface area contributed by atoms with Gasteiger partial charge in [0.2, 0.25) is 0 Å². The van der Waals surface area contributed by atoms with Crippen molar-refractivity contribution >= 4 is 5.69 Å². The summed E-state index contributed by atoms with van der Waals surface area (Å²) in [6.45, 7) is 16.4. The molecule has 3 heterocycles. The van der Waals surface area contributed by atoms with Crippen molar-refractivity contribution in [3.05, 3.63) is 71.2 Å². The summed E-state index contributed by atoms with van der Waals surface area (Å²) in [6.07, 6.45) is 5.54. The fraction of sp³-hybridized carbons (Fsp3) is 0.480. The first-order chi connectivity index (χ1) is 13.4. The minimum Gasteiger partial charge on any atom is -0.375 e. The highest BCUT2D eigenvalue weighted by atomic mass is 15.2. The second kappa shape index (κ2) is 7.27. The highest BCUT2D eigenvalue weighted by molar-refractivity contribution is 5.65. The second-order valence-corrected chi connectivity index (χ2v) is 9.00. The second-order valence-electron chi connectivity index (χ2n) is 9.00. The van der Waals surface area contributed by atoms with Gasteiger partial charge >= 0.3 is 0 Å². The van der Waals surface area contributed by atoms with E-state index in [0.717, 1.165) is 31.7 Å². The van der Waals surface area contributed by atoms with Crippen LogP contribution in [0, 0.1) is 13.8 Å². The summed E-state index contributed by atoms with van der Waals surface area (Å²) in [6, 6.07) is 11.9. The molecule has 2 aliphatic rings. The number of aromatic nitrogens is 1. The molecule has 0 amide bonds. The van der Waals surface area contributed by atoms with E-state index in [1.165, 1.54) is 40.9 Å². The first-order valence-corrected chi connectivity index (χ1v) is 10.6. The number of aryl methyl sites for hydroxylation is 2. The quantitative estimate of drug-likeness (QED) is 0.748. The number of benzene rings is 1. The van der Waals surface area contributed by atoms with E-state index in [-0.39, 0.29) is 5.41 Å². The molecule has 2 aliphatic heterocycles. The lowest BCUT2D eigenvalue weighted by Crippen LogP contribution is -2.47. The minimum atomic E-state index is 0.141. The van der Waals surface area contributed by atoms with E-state index in [0.29, 0.717) is 6.04 Å². The molecule has 0 bridgehead atoms. The van der Waals surface area contributed by atoms with Gasteiger partial charge in [0.1, 0.15) is 0 Å². The highest BCUT2D eigenvalue weighted by Crippen LogP contribution is 2.49. The van der Waals surface area contributed by atoms with Crippen LogP contribution in [0.5, 0.6) is 0 Å². The summed E-state index contributed by atoms with van der Waals surface area (Å²) in [5.41, 5.74) is 8.05. The lowest BCUT2D eigenvalue weighted by molar-refractivity contribution is 0.276. The Balaban J connectivity index is 1.67. The average Bonchev–Trinajstić information content (AvgIpc) is 2.78. The Morgan fingerprint density at radius 2 is 2.07 bits per heavy atom. The monoisotopic (exact) mass is 375 g/mol. The maximum Gasteiger partial charge on any atom is 0.0408 e. The van der Waals surface area contributed by atoms with E-state index < -0.39 is 0 Å². The van der Waals surface area contributed by atoms with Crippen LogP contribution in [-0.4, -0.2) is 35.6 Å². The molecule has 4 rings (SSSR count). The highest BCUT2D eigenvalue weighted by Gasteiger charge is 2.49. The van der Waals surface area contributed by atoms with Crippen molar-refractivity contribution in [3.63, 3.8) is 0 Å². The molecule has 0 N–H and O–H groups in total. The Kier molecular flexibility index (Phi) is 4.95. The molecule has 2 unspecified atom stereocenters. The van der Waals surface area contributed by atoms with Crippen molar-refractivity contribution in [2.24, 2.45) is 0 Å². The molecule has 148 valence electrons. The molecule has 28 heavy (non-hydrogen) atoms. The van der Waals surface area contributed by atoms with Crippen LogP contribution >= 0.6 is 0 Å². The van der Waals surface area contributed by atoms with E-state index in [4.69, 9.17) is 0 Å². The van der Waals surface area contributed by atoms with Gasteiger partial charge in [-0.3, -0.25) is 4.98 Å². The molecule has 1 saturated heterocycles. The third kappa shape index (κ3) is 3.32. The largest absolute Gasteiger partial charge is 0.375 e. The number of pyridine rings is 1. The van der Waals surface area contributed by atoms with Crippen LogP contribution in [0.2, 0.25) is 0 Å². The molecule has 3 nitrogen and oxygen atoms in total. The summed E-state index contributed by atoms with van der Waals surface area (Å²) >= 11 is 0. The molecule has 1 fully saturated rings.